The summed E-state index contributed by atoms with van der Waals surface area (Å²) >= 11 is 0. The molecule has 0 saturated carbocycles. The van der Waals surface area contributed by atoms with Crippen LogP contribution in [0.2, 0.25) is 0 Å². The highest BCUT2D eigenvalue weighted by molar-refractivity contribution is 5.68. The second-order valence-corrected chi connectivity index (χ2v) is 6.71. The lowest BCUT2D eigenvalue weighted by molar-refractivity contribution is 0.0184. The number of amides is 1. The minimum Gasteiger partial charge on any atom is -0.444 e. The van der Waals surface area contributed by atoms with Crippen LogP contribution in [-0.2, 0) is 11.2 Å². The smallest absolute Gasteiger partial charge is 0.410 e. The minimum atomic E-state index is -0.457. The number of rotatable bonds is 2. The van der Waals surface area contributed by atoms with E-state index >= 15 is 0 Å². The first-order valence-corrected chi connectivity index (χ1v) is 7.56. The first-order chi connectivity index (χ1) is 9.85. The van der Waals surface area contributed by atoms with Crippen LogP contribution in [0.4, 0.5) is 9.18 Å². The zero-order valence-corrected chi connectivity index (χ0v) is 13.1. The summed E-state index contributed by atoms with van der Waals surface area (Å²) in [6.45, 7) is 6.99. The van der Waals surface area contributed by atoms with E-state index in [4.69, 9.17) is 4.74 Å². The number of likely N-dealkylation sites (tertiary alicyclic amines) is 1. The molecule has 21 heavy (non-hydrogen) atoms. The fraction of sp³-hybridized carbons (Fsp3) is 0.588. The van der Waals surface area contributed by atoms with E-state index in [1.54, 1.807) is 11.0 Å². The Morgan fingerprint density at radius 1 is 1.29 bits per heavy atom. The Bertz CT molecular complexity index is 488. The number of halogens is 1. The van der Waals surface area contributed by atoms with Gasteiger partial charge in [-0.15, -0.1) is 0 Å². The van der Waals surface area contributed by atoms with Gasteiger partial charge in [-0.05, 0) is 57.6 Å². The highest BCUT2D eigenvalue weighted by atomic mass is 19.1. The topological polar surface area (TPSA) is 29.5 Å². The molecule has 0 aliphatic carbocycles. The Hall–Kier alpha value is -1.58. The molecule has 1 amide bonds. The summed E-state index contributed by atoms with van der Waals surface area (Å²) in [4.78, 5) is 13.7. The molecule has 0 atom stereocenters. The van der Waals surface area contributed by atoms with Crippen LogP contribution in [0.25, 0.3) is 0 Å². The van der Waals surface area contributed by atoms with Crippen LogP contribution in [-0.4, -0.2) is 29.7 Å². The maximum atomic E-state index is 13.7. The van der Waals surface area contributed by atoms with Crippen molar-refractivity contribution in [1.82, 2.24) is 4.90 Å². The summed E-state index contributed by atoms with van der Waals surface area (Å²) in [6, 6.07) is 6.93. The highest BCUT2D eigenvalue weighted by Crippen LogP contribution is 2.24. The van der Waals surface area contributed by atoms with Gasteiger partial charge in [0, 0.05) is 13.1 Å². The van der Waals surface area contributed by atoms with Crippen molar-refractivity contribution in [3.63, 3.8) is 0 Å². The number of hydrogen-bond donors (Lipinski definition) is 0. The summed E-state index contributed by atoms with van der Waals surface area (Å²) in [5, 5.41) is 0. The number of benzene rings is 1. The van der Waals surface area contributed by atoms with Crippen LogP contribution in [0.3, 0.4) is 0 Å². The lowest BCUT2D eigenvalue weighted by Crippen LogP contribution is -2.42. The van der Waals surface area contributed by atoms with Gasteiger partial charge in [-0.2, -0.15) is 0 Å². The van der Waals surface area contributed by atoms with Crippen LogP contribution in [0, 0.1) is 11.7 Å². The Morgan fingerprint density at radius 3 is 2.48 bits per heavy atom. The van der Waals surface area contributed by atoms with Crippen LogP contribution in [0.15, 0.2) is 24.3 Å². The first-order valence-electron chi connectivity index (χ1n) is 7.56. The molecular weight excluding hydrogens is 269 g/mol. The Labute approximate surface area is 126 Å². The molecule has 0 bridgehead atoms. The van der Waals surface area contributed by atoms with Gasteiger partial charge in [-0.1, -0.05) is 18.2 Å². The van der Waals surface area contributed by atoms with Gasteiger partial charge in [0.25, 0.3) is 0 Å². The molecule has 0 radical (unpaired) electrons. The Morgan fingerprint density at radius 2 is 1.90 bits per heavy atom. The molecule has 1 fully saturated rings. The van der Waals surface area contributed by atoms with Crippen molar-refractivity contribution in [1.29, 1.82) is 0 Å². The van der Waals surface area contributed by atoms with Crippen LogP contribution >= 0.6 is 0 Å². The zero-order chi connectivity index (χ0) is 15.5. The highest BCUT2D eigenvalue weighted by Gasteiger charge is 2.27. The lowest BCUT2D eigenvalue weighted by atomic mass is 9.90. The van der Waals surface area contributed by atoms with E-state index in [0.717, 1.165) is 24.8 Å². The fourth-order valence-corrected chi connectivity index (χ4v) is 2.62. The molecule has 1 heterocycles. The molecule has 1 saturated heterocycles. The SMILES string of the molecule is CC(C)(C)OC(=O)N1CCC(Cc2ccccc2F)CC1. The summed E-state index contributed by atoms with van der Waals surface area (Å²) in [5.41, 5.74) is 0.314. The van der Waals surface area contributed by atoms with Crippen molar-refractivity contribution in [2.24, 2.45) is 5.92 Å². The molecule has 3 nitrogen and oxygen atoms in total. The number of carbonyl (C=O) groups is 1. The third kappa shape index (κ3) is 4.73. The third-order valence-electron chi connectivity index (χ3n) is 3.73. The predicted octanol–water partition coefficient (Wildman–Crippen LogP) is 4.02. The minimum absolute atomic E-state index is 0.132. The number of hydrogen-bond acceptors (Lipinski definition) is 2. The lowest BCUT2D eigenvalue weighted by Gasteiger charge is -2.33. The van der Waals surface area contributed by atoms with E-state index in [-0.39, 0.29) is 11.9 Å². The van der Waals surface area contributed by atoms with E-state index < -0.39 is 5.60 Å². The van der Waals surface area contributed by atoms with Crippen LogP contribution in [0.5, 0.6) is 0 Å². The molecule has 116 valence electrons. The zero-order valence-electron chi connectivity index (χ0n) is 13.1. The van der Waals surface area contributed by atoms with Crippen LogP contribution < -0.4 is 0 Å². The van der Waals surface area contributed by atoms with Gasteiger partial charge >= 0.3 is 6.09 Å². The summed E-state index contributed by atoms with van der Waals surface area (Å²) in [6.07, 6.45) is 2.29. The standard InChI is InChI=1S/C17H24FNO2/c1-17(2,3)21-16(20)19-10-8-13(9-11-19)12-14-6-4-5-7-15(14)18/h4-7,13H,8-12H2,1-3H3. The maximum Gasteiger partial charge on any atom is 0.410 e. The molecule has 1 aromatic carbocycles. The van der Waals surface area contributed by atoms with Crippen molar-refractivity contribution in [2.75, 3.05) is 13.1 Å². The second kappa shape index (κ2) is 6.46. The van der Waals surface area contributed by atoms with E-state index in [1.807, 2.05) is 32.9 Å². The van der Waals surface area contributed by atoms with Crippen molar-refractivity contribution < 1.29 is 13.9 Å². The summed E-state index contributed by atoms with van der Waals surface area (Å²) < 4.78 is 19.0. The number of carbonyl (C=O) groups excluding carboxylic acids is 1. The first kappa shape index (κ1) is 15.8. The molecule has 2 rings (SSSR count). The number of piperidine rings is 1. The average molecular weight is 293 g/mol. The molecule has 4 heteroatoms. The van der Waals surface area contributed by atoms with Gasteiger partial charge in [-0.25, -0.2) is 9.18 Å². The van der Waals surface area contributed by atoms with Gasteiger partial charge in [0.05, 0.1) is 0 Å². The third-order valence-corrected chi connectivity index (χ3v) is 3.73. The van der Waals surface area contributed by atoms with E-state index in [9.17, 15) is 9.18 Å². The van der Waals surface area contributed by atoms with Crippen molar-refractivity contribution in [3.05, 3.63) is 35.6 Å². The summed E-state index contributed by atoms with van der Waals surface area (Å²) in [5.74, 6) is 0.299. The predicted molar refractivity (Wildman–Crippen MR) is 80.6 cm³/mol. The van der Waals surface area contributed by atoms with Gasteiger partial charge in [0.1, 0.15) is 11.4 Å². The van der Waals surface area contributed by atoms with Crippen molar-refractivity contribution in [2.45, 2.75) is 45.6 Å². The second-order valence-electron chi connectivity index (χ2n) is 6.71. The van der Waals surface area contributed by atoms with Gasteiger partial charge in [0.15, 0.2) is 0 Å². The number of ether oxygens (including phenoxy) is 1. The maximum absolute atomic E-state index is 13.7. The molecule has 1 aliphatic heterocycles. The van der Waals surface area contributed by atoms with Crippen molar-refractivity contribution >= 4 is 6.09 Å². The average Bonchev–Trinajstić information content (AvgIpc) is 2.40. The Balaban J connectivity index is 1.83. The molecule has 1 aromatic rings. The molecule has 0 aromatic heterocycles. The van der Waals surface area contributed by atoms with Gasteiger partial charge < -0.3 is 9.64 Å². The molecule has 0 spiro atoms. The summed E-state index contributed by atoms with van der Waals surface area (Å²) in [7, 11) is 0. The normalized spacial score (nSPS) is 16.9. The monoisotopic (exact) mass is 293 g/mol. The largest absolute Gasteiger partial charge is 0.444 e. The molecule has 1 aliphatic rings. The Kier molecular flexibility index (Phi) is 4.86. The van der Waals surface area contributed by atoms with Crippen molar-refractivity contribution in [3.8, 4) is 0 Å². The van der Waals surface area contributed by atoms with E-state index in [1.165, 1.54) is 6.07 Å². The number of nitrogens with zero attached hydrogens (tertiary/aromatic N) is 1. The van der Waals surface area contributed by atoms with Gasteiger partial charge in [0.2, 0.25) is 0 Å². The van der Waals surface area contributed by atoms with E-state index in [0.29, 0.717) is 19.0 Å². The van der Waals surface area contributed by atoms with Crippen LogP contribution in [0.1, 0.15) is 39.2 Å². The van der Waals surface area contributed by atoms with E-state index in [2.05, 4.69) is 0 Å². The quantitative estimate of drug-likeness (QED) is 0.824. The molecule has 0 unspecified atom stereocenters. The fourth-order valence-electron chi connectivity index (χ4n) is 2.62. The molecular formula is C17H24FNO2. The molecule has 0 N–H and O–H groups in total. The van der Waals surface area contributed by atoms with Gasteiger partial charge in [-0.3, -0.25) is 0 Å².